The smallest absolute Gasteiger partial charge is 0.272 e. The first kappa shape index (κ1) is 19.0. The highest BCUT2D eigenvalue weighted by atomic mass is 79.9. The molecule has 0 saturated heterocycles. The Morgan fingerprint density at radius 1 is 1.29 bits per heavy atom. The molecule has 2 N–H and O–H groups in total. The highest BCUT2D eigenvalue weighted by Gasteiger charge is 2.14. The summed E-state index contributed by atoms with van der Waals surface area (Å²) in [6.07, 6.45) is 1.46. The predicted octanol–water partition coefficient (Wildman–Crippen LogP) is 4.84. The second kappa shape index (κ2) is 8.64. The molecule has 0 aromatic heterocycles. The maximum absolute atomic E-state index is 12.1. The van der Waals surface area contributed by atoms with Gasteiger partial charge >= 0.3 is 0 Å². The summed E-state index contributed by atoms with van der Waals surface area (Å²) in [6.45, 7) is 2.23. The number of hydrogen-bond donors (Lipinski definition) is 2. The van der Waals surface area contributed by atoms with E-state index >= 15 is 0 Å². The molecule has 126 valence electrons. The van der Waals surface area contributed by atoms with Gasteiger partial charge in [-0.1, -0.05) is 12.1 Å². The van der Waals surface area contributed by atoms with Gasteiger partial charge in [0.2, 0.25) is 0 Å². The number of aromatic hydroxyl groups is 1. The third-order valence-corrected chi connectivity index (χ3v) is 5.81. The van der Waals surface area contributed by atoms with Gasteiger partial charge in [-0.15, -0.1) is 0 Å². The van der Waals surface area contributed by atoms with E-state index in [4.69, 9.17) is 4.74 Å². The van der Waals surface area contributed by atoms with Crippen molar-refractivity contribution in [3.8, 4) is 11.5 Å². The summed E-state index contributed by atoms with van der Waals surface area (Å²) >= 11 is 9.97. The van der Waals surface area contributed by atoms with Crippen LogP contribution < -0.4 is 10.2 Å². The molecular weight excluding hydrogens is 508 g/mol. The number of carbonyl (C=O) groups is 1. The van der Waals surface area contributed by atoms with Gasteiger partial charge in [-0.05, 0) is 72.9 Å². The SMILES string of the molecule is CCOc1cc(/C=N\NC(=O)c2ccccc2Br)c(Br)c(Br)c1O. The monoisotopic (exact) mass is 518 g/mol. The molecule has 0 aliphatic rings. The van der Waals surface area contributed by atoms with Gasteiger partial charge in [0.25, 0.3) is 5.91 Å². The van der Waals surface area contributed by atoms with E-state index < -0.39 is 0 Å². The van der Waals surface area contributed by atoms with Crippen molar-refractivity contribution in [2.75, 3.05) is 6.61 Å². The van der Waals surface area contributed by atoms with E-state index in [-0.39, 0.29) is 11.7 Å². The van der Waals surface area contributed by atoms with Crippen LogP contribution in [0.1, 0.15) is 22.8 Å². The number of nitrogens with one attached hydrogen (secondary N) is 1. The van der Waals surface area contributed by atoms with Crippen molar-refractivity contribution in [3.63, 3.8) is 0 Å². The number of hydrogen-bond acceptors (Lipinski definition) is 4. The third kappa shape index (κ3) is 4.37. The van der Waals surface area contributed by atoms with E-state index in [0.29, 0.717) is 36.9 Å². The van der Waals surface area contributed by atoms with Gasteiger partial charge in [0.1, 0.15) is 0 Å². The van der Waals surface area contributed by atoms with Crippen LogP contribution >= 0.6 is 47.8 Å². The van der Waals surface area contributed by atoms with E-state index in [1.807, 2.05) is 13.0 Å². The lowest BCUT2D eigenvalue weighted by Crippen LogP contribution is -2.18. The number of rotatable bonds is 5. The molecule has 0 heterocycles. The fourth-order valence-corrected chi connectivity index (χ4v) is 3.13. The predicted molar refractivity (Wildman–Crippen MR) is 104 cm³/mol. The minimum Gasteiger partial charge on any atom is -0.503 e. The third-order valence-electron chi connectivity index (χ3n) is 2.96. The van der Waals surface area contributed by atoms with Crippen LogP contribution in [0.3, 0.4) is 0 Å². The summed E-state index contributed by atoms with van der Waals surface area (Å²) in [5.74, 6) is -0.0120. The Labute approximate surface area is 164 Å². The minimum atomic E-state index is -0.335. The molecule has 1 amide bonds. The molecule has 5 nitrogen and oxygen atoms in total. The number of hydrazone groups is 1. The van der Waals surface area contributed by atoms with Crippen molar-refractivity contribution >= 4 is 59.9 Å². The molecule has 0 bridgehead atoms. The Morgan fingerprint density at radius 2 is 2.00 bits per heavy atom. The number of halogens is 3. The molecule has 0 spiro atoms. The molecule has 0 atom stereocenters. The van der Waals surface area contributed by atoms with Crippen molar-refractivity contribution in [3.05, 3.63) is 54.9 Å². The molecule has 0 unspecified atom stereocenters. The molecule has 2 aromatic carbocycles. The first-order chi connectivity index (χ1) is 11.5. The topological polar surface area (TPSA) is 70.9 Å². The number of nitrogens with zero attached hydrogens (tertiary/aromatic N) is 1. The molecule has 24 heavy (non-hydrogen) atoms. The van der Waals surface area contributed by atoms with Gasteiger partial charge in [0.15, 0.2) is 11.5 Å². The molecule has 2 rings (SSSR count). The van der Waals surface area contributed by atoms with Crippen LogP contribution in [0.2, 0.25) is 0 Å². The molecule has 2 aromatic rings. The van der Waals surface area contributed by atoms with Crippen LogP contribution in [-0.2, 0) is 0 Å². The van der Waals surface area contributed by atoms with E-state index in [1.165, 1.54) is 6.21 Å². The summed E-state index contributed by atoms with van der Waals surface area (Å²) in [7, 11) is 0. The summed E-state index contributed by atoms with van der Waals surface area (Å²) in [5, 5.41) is 14.0. The Bertz CT molecular complexity index is 794. The molecule has 8 heteroatoms. The Kier molecular flexibility index (Phi) is 6.82. The number of ether oxygens (including phenoxy) is 1. The van der Waals surface area contributed by atoms with E-state index in [9.17, 15) is 9.90 Å². The second-order valence-electron chi connectivity index (χ2n) is 4.55. The minimum absolute atomic E-state index is 0.00173. The largest absolute Gasteiger partial charge is 0.503 e. The van der Waals surface area contributed by atoms with Crippen LogP contribution in [0.4, 0.5) is 0 Å². The maximum Gasteiger partial charge on any atom is 0.272 e. The van der Waals surface area contributed by atoms with E-state index in [2.05, 4.69) is 58.3 Å². The van der Waals surface area contributed by atoms with E-state index in [0.717, 1.165) is 0 Å². The van der Waals surface area contributed by atoms with E-state index in [1.54, 1.807) is 24.3 Å². The van der Waals surface area contributed by atoms with Crippen LogP contribution in [0.25, 0.3) is 0 Å². The zero-order valence-corrected chi connectivity index (χ0v) is 17.3. The van der Waals surface area contributed by atoms with Gasteiger partial charge in [-0.2, -0.15) is 5.10 Å². The van der Waals surface area contributed by atoms with Gasteiger partial charge in [0.05, 0.1) is 22.9 Å². The number of amides is 1. The van der Waals surface area contributed by atoms with Crippen LogP contribution in [0, 0.1) is 0 Å². The molecule has 0 aliphatic carbocycles. The number of phenolic OH excluding ortho intramolecular Hbond substituents is 1. The van der Waals surface area contributed by atoms with Crippen LogP contribution in [0.5, 0.6) is 11.5 Å². The number of phenols is 1. The molecule has 0 saturated carbocycles. The molecular formula is C16H13Br3N2O3. The number of benzene rings is 2. The van der Waals surface area contributed by atoms with Crippen LogP contribution in [0.15, 0.2) is 48.9 Å². The van der Waals surface area contributed by atoms with Gasteiger partial charge < -0.3 is 9.84 Å². The zero-order valence-electron chi connectivity index (χ0n) is 12.5. The summed E-state index contributed by atoms with van der Waals surface area (Å²) < 4.78 is 7.10. The second-order valence-corrected chi connectivity index (χ2v) is 6.99. The van der Waals surface area contributed by atoms with Crippen molar-refractivity contribution in [2.45, 2.75) is 6.92 Å². The number of carbonyl (C=O) groups excluding carboxylic acids is 1. The molecule has 0 aliphatic heterocycles. The highest BCUT2D eigenvalue weighted by Crippen LogP contribution is 2.41. The zero-order chi connectivity index (χ0) is 17.7. The average molecular weight is 521 g/mol. The van der Waals surface area contributed by atoms with Gasteiger partial charge in [0, 0.05) is 14.5 Å². The first-order valence-electron chi connectivity index (χ1n) is 6.87. The Hall–Kier alpha value is -1.38. The lowest BCUT2D eigenvalue weighted by Gasteiger charge is -2.11. The average Bonchev–Trinajstić information content (AvgIpc) is 2.57. The fourth-order valence-electron chi connectivity index (χ4n) is 1.84. The first-order valence-corrected chi connectivity index (χ1v) is 9.25. The van der Waals surface area contributed by atoms with Crippen molar-refractivity contribution in [2.24, 2.45) is 5.10 Å². The quantitative estimate of drug-likeness (QED) is 0.438. The van der Waals surface area contributed by atoms with Gasteiger partial charge in [-0.3, -0.25) is 4.79 Å². The lowest BCUT2D eigenvalue weighted by atomic mass is 10.2. The Balaban J connectivity index is 2.20. The summed E-state index contributed by atoms with van der Waals surface area (Å²) in [5.41, 5.74) is 3.58. The van der Waals surface area contributed by atoms with Gasteiger partial charge in [-0.25, -0.2) is 5.43 Å². The van der Waals surface area contributed by atoms with Crippen molar-refractivity contribution < 1.29 is 14.6 Å². The normalized spacial score (nSPS) is 10.8. The van der Waals surface area contributed by atoms with Crippen LogP contribution in [-0.4, -0.2) is 23.8 Å². The summed E-state index contributed by atoms with van der Waals surface area (Å²) in [6, 6.07) is 8.69. The molecule has 0 fully saturated rings. The standard InChI is InChI=1S/C16H13Br3N2O3/c1-2-24-12-7-9(13(18)14(19)15(12)22)8-20-21-16(23)10-5-3-4-6-11(10)17/h3-8,22H,2H2,1H3,(H,21,23)/b20-8-. The lowest BCUT2D eigenvalue weighted by molar-refractivity contribution is 0.0954. The Morgan fingerprint density at radius 3 is 2.67 bits per heavy atom. The van der Waals surface area contributed by atoms with Crippen molar-refractivity contribution in [1.82, 2.24) is 5.43 Å². The molecule has 0 radical (unpaired) electrons. The highest BCUT2D eigenvalue weighted by molar-refractivity contribution is 9.13. The summed E-state index contributed by atoms with van der Waals surface area (Å²) in [4.78, 5) is 12.1. The fraction of sp³-hybridized carbons (Fsp3) is 0.125. The van der Waals surface area contributed by atoms with Crippen molar-refractivity contribution in [1.29, 1.82) is 0 Å². The maximum atomic E-state index is 12.1.